The first-order valence-electron chi connectivity index (χ1n) is 9.68. The van der Waals surface area contributed by atoms with Gasteiger partial charge in [0.15, 0.2) is 0 Å². The van der Waals surface area contributed by atoms with Crippen LogP contribution in [0.5, 0.6) is 11.5 Å². The summed E-state index contributed by atoms with van der Waals surface area (Å²) in [6, 6.07) is 24.1. The van der Waals surface area contributed by atoms with Gasteiger partial charge < -0.3 is 9.64 Å². The molecular formula is C23H22N2O4S. The molecule has 0 radical (unpaired) electrons. The van der Waals surface area contributed by atoms with Gasteiger partial charge in [0.1, 0.15) is 17.5 Å². The molecule has 0 aromatic heterocycles. The normalized spacial score (nSPS) is 17.7. The molecule has 0 aliphatic carbocycles. The second-order valence-electron chi connectivity index (χ2n) is 7.00. The van der Waals surface area contributed by atoms with Crippen LogP contribution in [0.4, 0.5) is 5.69 Å². The molecule has 154 valence electrons. The lowest BCUT2D eigenvalue weighted by atomic mass is 10.2. The predicted octanol–water partition coefficient (Wildman–Crippen LogP) is 3.90. The Balaban J connectivity index is 1.49. The Morgan fingerprint density at radius 2 is 1.37 bits per heavy atom. The van der Waals surface area contributed by atoms with E-state index < -0.39 is 16.1 Å². The monoisotopic (exact) mass is 422 g/mol. The van der Waals surface area contributed by atoms with Gasteiger partial charge in [0.25, 0.3) is 0 Å². The van der Waals surface area contributed by atoms with Gasteiger partial charge in [-0.15, -0.1) is 0 Å². The first-order chi connectivity index (χ1) is 14.5. The SMILES string of the molecule is C[C@H]1C(=O)N(c2ccc(Oc3ccccc3)cc2)CCN1S(=O)(=O)c1ccccc1. The maximum Gasteiger partial charge on any atom is 0.245 e. The Morgan fingerprint density at radius 3 is 2.00 bits per heavy atom. The van der Waals surface area contributed by atoms with Crippen LogP contribution >= 0.6 is 0 Å². The Kier molecular flexibility index (Phi) is 5.57. The summed E-state index contributed by atoms with van der Waals surface area (Å²) in [5, 5.41) is 0. The van der Waals surface area contributed by atoms with E-state index in [9.17, 15) is 13.2 Å². The van der Waals surface area contributed by atoms with Crippen LogP contribution in [0.15, 0.2) is 89.8 Å². The average Bonchev–Trinajstić information content (AvgIpc) is 2.77. The maximum absolute atomic E-state index is 13.0. The molecule has 6 nitrogen and oxygen atoms in total. The summed E-state index contributed by atoms with van der Waals surface area (Å²) in [7, 11) is -3.73. The molecule has 0 saturated carbocycles. The molecule has 1 aliphatic heterocycles. The van der Waals surface area contributed by atoms with Gasteiger partial charge in [-0.3, -0.25) is 4.79 Å². The predicted molar refractivity (Wildman–Crippen MR) is 115 cm³/mol. The van der Waals surface area contributed by atoms with Crippen LogP contribution in [0.1, 0.15) is 6.92 Å². The summed E-state index contributed by atoms with van der Waals surface area (Å²) >= 11 is 0. The zero-order valence-electron chi connectivity index (χ0n) is 16.5. The van der Waals surface area contributed by atoms with Gasteiger partial charge in [0.05, 0.1) is 4.90 Å². The van der Waals surface area contributed by atoms with Crippen LogP contribution in [0.3, 0.4) is 0 Å². The standard InChI is InChI=1S/C23H22N2O4S/c1-18-23(26)24(16-17-25(18)30(27,28)22-10-6-3-7-11-22)19-12-14-21(15-13-19)29-20-8-4-2-5-9-20/h2-15,18H,16-17H2,1H3/t18-/m0/s1. The van der Waals surface area contributed by atoms with Crippen LogP contribution in [0.2, 0.25) is 0 Å². The molecule has 7 heteroatoms. The Labute approximate surface area is 176 Å². The molecule has 30 heavy (non-hydrogen) atoms. The molecule has 1 amide bonds. The number of carbonyl (C=O) groups excluding carboxylic acids is 1. The minimum atomic E-state index is -3.73. The number of benzene rings is 3. The second-order valence-corrected chi connectivity index (χ2v) is 8.89. The van der Waals surface area contributed by atoms with Gasteiger partial charge in [-0.2, -0.15) is 4.31 Å². The Bertz CT molecular complexity index is 1120. The lowest BCUT2D eigenvalue weighted by molar-refractivity contribution is -0.123. The van der Waals surface area contributed by atoms with E-state index in [-0.39, 0.29) is 23.9 Å². The highest BCUT2D eigenvalue weighted by Crippen LogP contribution is 2.28. The first-order valence-corrected chi connectivity index (χ1v) is 11.1. The zero-order chi connectivity index (χ0) is 21.1. The number of hydrogen-bond acceptors (Lipinski definition) is 4. The van der Waals surface area contributed by atoms with Crippen molar-refractivity contribution in [2.24, 2.45) is 0 Å². The summed E-state index contributed by atoms with van der Waals surface area (Å²) in [6.07, 6.45) is 0. The van der Waals surface area contributed by atoms with E-state index in [0.29, 0.717) is 11.4 Å². The number of hydrogen-bond donors (Lipinski definition) is 0. The van der Waals surface area contributed by atoms with E-state index in [1.807, 2.05) is 42.5 Å². The van der Waals surface area contributed by atoms with E-state index in [4.69, 9.17) is 4.74 Å². The first kappa shape index (κ1) is 20.1. The van der Waals surface area contributed by atoms with Crippen LogP contribution in [0, 0.1) is 0 Å². The lowest BCUT2D eigenvalue weighted by Gasteiger charge is -2.38. The van der Waals surface area contributed by atoms with E-state index in [1.165, 1.54) is 4.31 Å². The second kappa shape index (κ2) is 8.30. The third-order valence-corrected chi connectivity index (χ3v) is 7.06. The molecule has 4 rings (SSSR count). The number of anilines is 1. The highest BCUT2D eigenvalue weighted by molar-refractivity contribution is 7.89. The van der Waals surface area contributed by atoms with Crippen molar-refractivity contribution < 1.29 is 17.9 Å². The lowest BCUT2D eigenvalue weighted by Crippen LogP contribution is -2.57. The molecule has 3 aromatic carbocycles. The maximum atomic E-state index is 13.0. The summed E-state index contributed by atoms with van der Waals surface area (Å²) in [6.45, 7) is 2.14. The average molecular weight is 423 g/mol. The third kappa shape index (κ3) is 3.94. The number of para-hydroxylation sites is 1. The minimum absolute atomic E-state index is 0.195. The summed E-state index contributed by atoms with van der Waals surface area (Å²) in [5.41, 5.74) is 0.712. The minimum Gasteiger partial charge on any atom is -0.457 e. The van der Waals surface area contributed by atoms with E-state index >= 15 is 0 Å². The van der Waals surface area contributed by atoms with Crippen molar-refractivity contribution >= 4 is 21.6 Å². The quantitative estimate of drug-likeness (QED) is 0.625. The van der Waals surface area contributed by atoms with Crippen molar-refractivity contribution in [2.45, 2.75) is 17.9 Å². The summed E-state index contributed by atoms with van der Waals surface area (Å²) in [4.78, 5) is 14.8. The van der Waals surface area contributed by atoms with E-state index in [2.05, 4.69) is 0 Å². The number of rotatable bonds is 5. The number of amides is 1. The molecular weight excluding hydrogens is 400 g/mol. The van der Waals surface area contributed by atoms with Gasteiger partial charge >= 0.3 is 0 Å². The number of nitrogens with zero attached hydrogens (tertiary/aromatic N) is 2. The largest absolute Gasteiger partial charge is 0.457 e. The summed E-state index contributed by atoms with van der Waals surface area (Å²) < 4.78 is 32.9. The highest BCUT2D eigenvalue weighted by Gasteiger charge is 2.39. The van der Waals surface area contributed by atoms with Crippen LogP contribution in [0.25, 0.3) is 0 Å². The third-order valence-electron chi connectivity index (χ3n) is 5.08. The van der Waals surface area contributed by atoms with Crippen molar-refractivity contribution in [1.29, 1.82) is 0 Å². The van der Waals surface area contributed by atoms with Crippen molar-refractivity contribution in [1.82, 2.24) is 4.31 Å². The van der Waals surface area contributed by atoms with Gasteiger partial charge in [-0.25, -0.2) is 8.42 Å². The molecule has 3 aromatic rings. The zero-order valence-corrected chi connectivity index (χ0v) is 17.3. The van der Waals surface area contributed by atoms with Gasteiger partial charge in [0, 0.05) is 18.8 Å². The molecule has 1 fully saturated rings. The molecule has 0 bridgehead atoms. The van der Waals surface area contributed by atoms with Crippen LogP contribution in [-0.4, -0.2) is 37.8 Å². The number of piperazine rings is 1. The molecule has 0 spiro atoms. The van der Waals surface area contributed by atoms with Crippen LogP contribution < -0.4 is 9.64 Å². The molecule has 1 heterocycles. The van der Waals surface area contributed by atoms with Gasteiger partial charge in [-0.05, 0) is 55.5 Å². The molecule has 0 N–H and O–H groups in total. The fourth-order valence-electron chi connectivity index (χ4n) is 3.48. The number of ether oxygens (including phenoxy) is 1. The van der Waals surface area contributed by atoms with Gasteiger partial charge in [-0.1, -0.05) is 36.4 Å². The Morgan fingerprint density at radius 1 is 0.800 bits per heavy atom. The molecule has 1 saturated heterocycles. The molecule has 1 atom stereocenters. The van der Waals surface area contributed by atoms with Crippen molar-refractivity contribution in [2.75, 3.05) is 18.0 Å². The van der Waals surface area contributed by atoms with Crippen molar-refractivity contribution in [3.05, 3.63) is 84.9 Å². The molecule has 0 unspecified atom stereocenters. The fraction of sp³-hybridized carbons (Fsp3) is 0.174. The van der Waals surface area contributed by atoms with Crippen molar-refractivity contribution in [3.63, 3.8) is 0 Å². The number of sulfonamides is 1. The summed E-state index contributed by atoms with van der Waals surface area (Å²) in [5.74, 6) is 1.14. The highest BCUT2D eigenvalue weighted by atomic mass is 32.2. The van der Waals surface area contributed by atoms with E-state index in [0.717, 1.165) is 5.75 Å². The fourth-order valence-corrected chi connectivity index (χ4v) is 5.08. The van der Waals surface area contributed by atoms with Crippen molar-refractivity contribution in [3.8, 4) is 11.5 Å². The molecule has 1 aliphatic rings. The number of carbonyl (C=O) groups is 1. The topological polar surface area (TPSA) is 66.9 Å². The van der Waals surface area contributed by atoms with E-state index in [1.54, 1.807) is 54.3 Å². The Hall–Kier alpha value is -3.16. The van der Waals surface area contributed by atoms with Crippen LogP contribution in [-0.2, 0) is 14.8 Å². The van der Waals surface area contributed by atoms with Gasteiger partial charge in [0.2, 0.25) is 15.9 Å². The smallest absolute Gasteiger partial charge is 0.245 e.